The smallest absolute Gasteiger partial charge is 0.338 e. The Balaban J connectivity index is 2.10. The van der Waals surface area contributed by atoms with Crippen LogP contribution in [0.25, 0.3) is 0 Å². The normalized spacial score (nSPS) is 10.3. The van der Waals surface area contributed by atoms with Gasteiger partial charge >= 0.3 is 5.97 Å². The molecule has 0 aliphatic carbocycles. The number of carbonyl (C=O) groups excluding carboxylic acids is 1. The largest absolute Gasteiger partial charge is 0.507 e. The van der Waals surface area contributed by atoms with Gasteiger partial charge in [0.25, 0.3) is 0 Å². The van der Waals surface area contributed by atoms with Gasteiger partial charge in [-0.05, 0) is 72.0 Å². The van der Waals surface area contributed by atoms with Crippen LogP contribution in [-0.2, 0) is 4.74 Å². The van der Waals surface area contributed by atoms with Crippen LogP contribution in [0.15, 0.2) is 52.3 Å². The van der Waals surface area contributed by atoms with Gasteiger partial charge in [0.15, 0.2) is 0 Å². The number of halogens is 1. The van der Waals surface area contributed by atoms with Gasteiger partial charge in [0.2, 0.25) is 0 Å². The van der Waals surface area contributed by atoms with E-state index in [-0.39, 0.29) is 11.7 Å². The third kappa shape index (κ3) is 3.89. The Kier molecular flexibility index (Phi) is 5.31. The average Bonchev–Trinajstić information content (AvgIpc) is 2.44. The molecule has 0 fully saturated rings. The SMILES string of the molecule is CCOC(=O)c1ccc(Sc2ccc(I)c(O)c2)cc1. The summed E-state index contributed by atoms with van der Waals surface area (Å²) in [7, 11) is 0. The first-order chi connectivity index (χ1) is 9.60. The molecule has 0 aliphatic rings. The van der Waals surface area contributed by atoms with Crippen LogP contribution in [0, 0.1) is 3.57 Å². The van der Waals surface area contributed by atoms with Crippen LogP contribution >= 0.6 is 34.4 Å². The van der Waals surface area contributed by atoms with Crippen molar-refractivity contribution >= 4 is 40.3 Å². The predicted octanol–water partition coefficient (Wildman–Crippen LogP) is 4.32. The molecule has 2 aromatic carbocycles. The van der Waals surface area contributed by atoms with Crippen molar-refractivity contribution in [1.82, 2.24) is 0 Å². The van der Waals surface area contributed by atoms with E-state index in [1.807, 2.05) is 24.3 Å². The average molecular weight is 400 g/mol. The maximum absolute atomic E-state index is 11.5. The van der Waals surface area contributed by atoms with Crippen LogP contribution in [-0.4, -0.2) is 17.7 Å². The first-order valence-corrected chi connectivity index (χ1v) is 7.93. The first-order valence-electron chi connectivity index (χ1n) is 6.03. The minimum atomic E-state index is -0.309. The van der Waals surface area contributed by atoms with Gasteiger partial charge in [0.1, 0.15) is 5.75 Å². The monoisotopic (exact) mass is 400 g/mol. The molecule has 104 valence electrons. The fourth-order valence-corrected chi connectivity index (χ4v) is 2.75. The number of esters is 1. The number of phenolic OH excluding ortho intramolecular Hbond substituents is 1. The van der Waals surface area contributed by atoms with E-state index in [2.05, 4.69) is 22.6 Å². The number of ether oxygens (including phenoxy) is 1. The highest BCUT2D eigenvalue weighted by Gasteiger charge is 2.07. The molecule has 0 aliphatic heterocycles. The third-order valence-corrected chi connectivity index (χ3v) is 4.43. The molecule has 1 N–H and O–H groups in total. The molecule has 2 aromatic rings. The summed E-state index contributed by atoms with van der Waals surface area (Å²) < 4.78 is 5.76. The third-order valence-electron chi connectivity index (χ3n) is 2.52. The van der Waals surface area contributed by atoms with E-state index in [1.165, 1.54) is 11.8 Å². The molecular formula is C15H13IO3S. The molecule has 5 heteroatoms. The quantitative estimate of drug-likeness (QED) is 0.613. The second-order valence-corrected chi connectivity index (χ2v) is 6.27. The minimum Gasteiger partial charge on any atom is -0.507 e. The number of aromatic hydroxyl groups is 1. The molecule has 0 bridgehead atoms. The van der Waals surface area contributed by atoms with E-state index >= 15 is 0 Å². The number of benzene rings is 2. The second kappa shape index (κ2) is 6.99. The maximum Gasteiger partial charge on any atom is 0.338 e. The van der Waals surface area contributed by atoms with Gasteiger partial charge in [-0.3, -0.25) is 0 Å². The van der Waals surface area contributed by atoms with Crippen molar-refractivity contribution in [3.05, 3.63) is 51.6 Å². The van der Waals surface area contributed by atoms with Crippen molar-refractivity contribution in [3.8, 4) is 5.75 Å². The summed E-state index contributed by atoms with van der Waals surface area (Å²) in [4.78, 5) is 13.5. The Morgan fingerprint density at radius 2 is 1.85 bits per heavy atom. The van der Waals surface area contributed by atoms with E-state index in [4.69, 9.17) is 4.74 Å². The molecule has 20 heavy (non-hydrogen) atoms. The molecule has 0 aromatic heterocycles. The summed E-state index contributed by atoms with van der Waals surface area (Å²) in [5, 5.41) is 9.67. The molecule has 0 heterocycles. The molecule has 0 saturated heterocycles. The van der Waals surface area contributed by atoms with Crippen LogP contribution in [0.5, 0.6) is 5.75 Å². The Bertz CT molecular complexity index is 611. The Labute approximate surface area is 135 Å². The summed E-state index contributed by atoms with van der Waals surface area (Å²) in [6.07, 6.45) is 0. The van der Waals surface area contributed by atoms with Crippen LogP contribution in [0.4, 0.5) is 0 Å². The second-order valence-electron chi connectivity index (χ2n) is 3.96. The Hall–Kier alpha value is -1.21. The molecule has 0 atom stereocenters. The van der Waals surface area contributed by atoms with Gasteiger partial charge in [-0.1, -0.05) is 11.8 Å². The van der Waals surface area contributed by atoms with Crippen molar-refractivity contribution in [2.24, 2.45) is 0 Å². The Morgan fingerprint density at radius 1 is 1.20 bits per heavy atom. The van der Waals surface area contributed by atoms with Crippen LogP contribution in [0.1, 0.15) is 17.3 Å². The molecule has 0 unspecified atom stereocenters. The summed E-state index contributed by atoms with van der Waals surface area (Å²) in [6, 6.07) is 12.8. The van der Waals surface area contributed by atoms with Gasteiger partial charge in [0, 0.05) is 9.79 Å². The van der Waals surface area contributed by atoms with Gasteiger partial charge in [0.05, 0.1) is 15.7 Å². The zero-order chi connectivity index (χ0) is 14.5. The van der Waals surface area contributed by atoms with Gasteiger partial charge < -0.3 is 9.84 Å². The first kappa shape index (κ1) is 15.2. The van der Waals surface area contributed by atoms with Crippen LogP contribution in [0.2, 0.25) is 0 Å². The molecule has 0 radical (unpaired) electrons. The van der Waals surface area contributed by atoms with Gasteiger partial charge in [-0.15, -0.1) is 0 Å². The highest BCUT2D eigenvalue weighted by Crippen LogP contribution is 2.32. The number of carbonyl (C=O) groups is 1. The fourth-order valence-electron chi connectivity index (χ4n) is 1.57. The van der Waals surface area contributed by atoms with Gasteiger partial charge in [-0.2, -0.15) is 0 Å². The number of hydrogen-bond acceptors (Lipinski definition) is 4. The lowest BCUT2D eigenvalue weighted by Gasteiger charge is -2.05. The lowest BCUT2D eigenvalue weighted by atomic mass is 10.2. The summed E-state index contributed by atoms with van der Waals surface area (Å²) in [5.74, 6) is -0.0327. The lowest BCUT2D eigenvalue weighted by Crippen LogP contribution is -2.03. The van der Waals surface area contributed by atoms with E-state index in [9.17, 15) is 9.90 Å². The summed E-state index contributed by atoms with van der Waals surface area (Å²) in [6.45, 7) is 2.16. The maximum atomic E-state index is 11.5. The molecular weight excluding hydrogens is 387 g/mol. The van der Waals surface area contributed by atoms with E-state index in [0.29, 0.717) is 12.2 Å². The number of phenols is 1. The van der Waals surface area contributed by atoms with Crippen molar-refractivity contribution in [2.75, 3.05) is 6.61 Å². The molecule has 3 nitrogen and oxygen atoms in total. The molecule has 0 amide bonds. The summed E-state index contributed by atoms with van der Waals surface area (Å²) in [5.41, 5.74) is 0.543. The van der Waals surface area contributed by atoms with Crippen LogP contribution in [0.3, 0.4) is 0 Å². The van der Waals surface area contributed by atoms with Crippen molar-refractivity contribution in [1.29, 1.82) is 0 Å². The number of rotatable bonds is 4. The van der Waals surface area contributed by atoms with E-state index in [0.717, 1.165) is 13.4 Å². The highest BCUT2D eigenvalue weighted by atomic mass is 127. The Morgan fingerprint density at radius 3 is 2.45 bits per heavy atom. The zero-order valence-electron chi connectivity index (χ0n) is 10.8. The van der Waals surface area contributed by atoms with E-state index < -0.39 is 0 Å². The summed E-state index contributed by atoms with van der Waals surface area (Å²) >= 11 is 3.61. The highest BCUT2D eigenvalue weighted by molar-refractivity contribution is 14.1. The lowest BCUT2D eigenvalue weighted by molar-refractivity contribution is 0.0526. The minimum absolute atomic E-state index is 0.277. The number of hydrogen-bond donors (Lipinski definition) is 1. The zero-order valence-corrected chi connectivity index (χ0v) is 13.8. The van der Waals surface area contributed by atoms with Crippen molar-refractivity contribution in [3.63, 3.8) is 0 Å². The molecule has 0 saturated carbocycles. The van der Waals surface area contributed by atoms with Gasteiger partial charge in [-0.25, -0.2) is 4.79 Å². The topological polar surface area (TPSA) is 46.5 Å². The molecule has 0 spiro atoms. The standard InChI is InChI=1S/C15H13IO3S/c1-2-19-15(18)10-3-5-11(6-4-10)20-12-7-8-13(16)14(17)9-12/h3-9,17H,2H2,1H3. The van der Waals surface area contributed by atoms with E-state index in [1.54, 1.807) is 25.1 Å². The van der Waals surface area contributed by atoms with Crippen molar-refractivity contribution in [2.45, 2.75) is 16.7 Å². The molecule has 2 rings (SSSR count). The van der Waals surface area contributed by atoms with Crippen LogP contribution < -0.4 is 0 Å². The predicted molar refractivity (Wildman–Crippen MR) is 87.3 cm³/mol. The fraction of sp³-hybridized carbons (Fsp3) is 0.133. The van der Waals surface area contributed by atoms with Crippen molar-refractivity contribution < 1.29 is 14.6 Å².